The molecule has 1 aromatic heterocycles. The molecule has 2 N–H and O–H groups in total. The lowest BCUT2D eigenvalue weighted by molar-refractivity contribution is -0.0461. The van der Waals surface area contributed by atoms with Crippen LogP contribution in [-0.4, -0.2) is 18.2 Å². The van der Waals surface area contributed by atoms with Gasteiger partial charge in [0.25, 0.3) is 5.56 Å². The lowest BCUT2D eigenvalue weighted by atomic mass is 9.87. The fraction of sp³-hybridized carbons (Fsp3) is 0.167. The number of halogens is 3. The lowest BCUT2D eigenvalue weighted by Gasteiger charge is -2.43. The second-order valence-electron chi connectivity index (χ2n) is 6.03. The van der Waals surface area contributed by atoms with Crippen molar-refractivity contribution < 1.29 is 9.13 Å². The van der Waals surface area contributed by atoms with Crippen molar-refractivity contribution in [3.8, 4) is 0 Å². The molecular formula is C18H13Cl2FN2O2. The number of hydrogen-bond donors (Lipinski definition) is 2. The van der Waals surface area contributed by atoms with Crippen molar-refractivity contribution in [2.45, 2.75) is 5.54 Å². The first kappa shape index (κ1) is 16.4. The number of ether oxygens (including phenoxy) is 1. The molecule has 0 spiro atoms. The molecule has 128 valence electrons. The Kier molecular flexibility index (Phi) is 3.95. The third-order valence-electron chi connectivity index (χ3n) is 4.38. The van der Waals surface area contributed by atoms with Crippen LogP contribution in [0.1, 0.15) is 5.56 Å². The largest absolute Gasteiger partial charge is 0.376 e. The Bertz CT molecular complexity index is 1030. The minimum atomic E-state index is -0.832. The van der Waals surface area contributed by atoms with E-state index in [0.29, 0.717) is 11.1 Å². The number of anilines is 1. The van der Waals surface area contributed by atoms with E-state index in [9.17, 15) is 9.18 Å². The fourth-order valence-corrected chi connectivity index (χ4v) is 3.58. The van der Waals surface area contributed by atoms with Gasteiger partial charge in [-0.1, -0.05) is 29.3 Å². The summed E-state index contributed by atoms with van der Waals surface area (Å²) in [6.45, 7) is 0.486. The van der Waals surface area contributed by atoms with Gasteiger partial charge < -0.3 is 15.0 Å². The molecule has 2 heterocycles. The van der Waals surface area contributed by atoms with Crippen LogP contribution in [0.4, 0.5) is 10.1 Å². The Morgan fingerprint density at radius 2 is 1.96 bits per heavy atom. The molecule has 0 atom stereocenters. The minimum absolute atomic E-state index is 0.163. The summed E-state index contributed by atoms with van der Waals surface area (Å²) in [5, 5.41) is 5.08. The Morgan fingerprint density at radius 3 is 2.68 bits per heavy atom. The number of nitrogens with one attached hydrogen (secondary N) is 2. The highest BCUT2D eigenvalue weighted by Gasteiger charge is 2.44. The number of aromatic nitrogens is 1. The quantitative estimate of drug-likeness (QED) is 0.667. The smallest absolute Gasteiger partial charge is 0.255 e. The molecule has 1 aliphatic heterocycles. The van der Waals surface area contributed by atoms with Crippen LogP contribution in [0.15, 0.2) is 47.4 Å². The van der Waals surface area contributed by atoms with Crippen LogP contribution in [0.5, 0.6) is 0 Å². The van der Waals surface area contributed by atoms with E-state index < -0.39 is 11.4 Å². The van der Waals surface area contributed by atoms with Crippen LogP contribution in [0, 0.1) is 5.82 Å². The van der Waals surface area contributed by atoms with Gasteiger partial charge in [0.15, 0.2) is 0 Å². The number of rotatable bonds is 3. The van der Waals surface area contributed by atoms with Crippen molar-refractivity contribution >= 4 is 39.7 Å². The summed E-state index contributed by atoms with van der Waals surface area (Å²) in [5.74, 6) is -0.455. The van der Waals surface area contributed by atoms with Crippen LogP contribution < -0.4 is 10.9 Å². The molecular weight excluding hydrogens is 366 g/mol. The summed E-state index contributed by atoms with van der Waals surface area (Å²) < 4.78 is 19.8. The Labute approximate surface area is 152 Å². The highest BCUT2D eigenvalue weighted by Crippen LogP contribution is 2.41. The van der Waals surface area contributed by atoms with E-state index in [0.717, 1.165) is 5.39 Å². The van der Waals surface area contributed by atoms with Gasteiger partial charge in [-0.15, -0.1) is 0 Å². The standard InChI is InChI=1S/C18H13Cl2FN2O2/c19-13-3-4-14(21)15(16(13)20)18(8-25-9-18)23-11-2-1-10-5-6-22-17(24)12(10)7-11/h1-7,23H,8-9H2,(H,22,24). The van der Waals surface area contributed by atoms with Crippen molar-refractivity contribution in [1.82, 2.24) is 4.98 Å². The highest BCUT2D eigenvalue weighted by molar-refractivity contribution is 6.42. The summed E-state index contributed by atoms with van der Waals surface area (Å²) in [6, 6.07) is 9.91. The SMILES string of the molecule is O=c1[nH]ccc2ccc(NC3(c4c(F)ccc(Cl)c4Cl)COC3)cc12. The van der Waals surface area contributed by atoms with E-state index in [1.807, 2.05) is 18.2 Å². The Morgan fingerprint density at radius 1 is 1.16 bits per heavy atom. The second-order valence-corrected chi connectivity index (χ2v) is 6.81. The summed E-state index contributed by atoms with van der Waals surface area (Å²) in [6.07, 6.45) is 1.60. The van der Waals surface area contributed by atoms with Crippen molar-refractivity contribution in [2.24, 2.45) is 0 Å². The van der Waals surface area contributed by atoms with E-state index in [2.05, 4.69) is 10.3 Å². The van der Waals surface area contributed by atoms with E-state index in [4.69, 9.17) is 27.9 Å². The van der Waals surface area contributed by atoms with E-state index in [1.54, 1.807) is 12.3 Å². The molecule has 0 saturated carbocycles. The van der Waals surface area contributed by atoms with Gasteiger partial charge >= 0.3 is 0 Å². The molecule has 0 bridgehead atoms. The number of benzene rings is 2. The van der Waals surface area contributed by atoms with Gasteiger partial charge in [0.2, 0.25) is 0 Å². The fourth-order valence-electron chi connectivity index (χ4n) is 3.09. The third kappa shape index (κ3) is 2.68. The first-order valence-corrected chi connectivity index (χ1v) is 8.37. The summed E-state index contributed by atoms with van der Waals surface area (Å²) >= 11 is 12.3. The maximum atomic E-state index is 14.5. The summed E-state index contributed by atoms with van der Waals surface area (Å²) in [5.41, 5.74) is -0.0775. The molecule has 4 rings (SSSR count). The Hall–Kier alpha value is -2.08. The van der Waals surface area contributed by atoms with Gasteiger partial charge in [-0.3, -0.25) is 4.79 Å². The van der Waals surface area contributed by atoms with Crippen molar-refractivity contribution in [3.05, 3.63) is 74.4 Å². The number of fused-ring (bicyclic) bond motifs is 1. The normalized spacial score (nSPS) is 15.8. The van der Waals surface area contributed by atoms with Gasteiger partial charge in [-0.25, -0.2) is 4.39 Å². The molecule has 0 radical (unpaired) electrons. The van der Waals surface area contributed by atoms with E-state index in [-0.39, 0.29) is 34.4 Å². The predicted octanol–water partition coefficient (Wildman–Crippen LogP) is 4.31. The van der Waals surface area contributed by atoms with Crippen molar-refractivity contribution in [3.63, 3.8) is 0 Å². The molecule has 0 unspecified atom stereocenters. The molecule has 25 heavy (non-hydrogen) atoms. The van der Waals surface area contributed by atoms with Crippen LogP contribution in [0.3, 0.4) is 0 Å². The number of aromatic amines is 1. The van der Waals surface area contributed by atoms with Gasteiger partial charge in [-0.2, -0.15) is 0 Å². The number of pyridine rings is 1. The van der Waals surface area contributed by atoms with Crippen molar-refractivity contribution in [1.29, 1.82) is 0 Å². The maximum absolute atomic E-state index is 14.5. The van der Waals surface area contributed by atoms with Gasteiger partial charge in [0.05, 0.1) is 23.3 Å². The minimum Gasteiger partial charge on any atom is -0.376 e. The lowest BCUT2D eigenvalue weighted by Crippen LogP contribution is -2.53. The molecule has 3 aromatic rings. The molecule has 1 saturated heterocycles. The first-order valence-electron chi connectivity index (χ1n) is 7.61. The maximum Gasteiger partial charge on any atom is 0.255 e. The van der Waals surface area contributed by atoms with Gasteiger partial charge in [-0.05, 0) is 35.7 Å². The van der Waals surface area contributed by atoms with Crippen molar-refractivity contribution in [2.75, 3.05) is 18.5 Å². The molecule has 7 heteroatoms. The molecule has 1 aliphatic rings. The average molecular weight is 379 g/mol. The molecule has 0 aliphatic carbocycles. The predicted molar refractivity (Wildman–Crippen MR) is 97.1 cm³/mol. The van der Waals surface area contributed by atoms with Crippen LogP contribution in [0.25, 0.3) is 10.8 Å². The third-order valence-corrected chi connectivity index (χ3v) is 5.18. The zero-order chi connectivity index (χ0) is 17.6. The van der Waals surface area contributed by atoms with Gasteiger partial charge in [0, 0.05) is 22.8 Å². The summed E-state index contributed by atoms with van der Waals surface area (Å²) in [7, 11) is 0. The molecule has 1 fully saturated rings. The summed E-state index contributed by atoms with van der Waals surface area (Å²) in [4.78, 5) is 14.6. The Balaban J connectivity index is 1.80. The first-order chi connectivity index (χ1) is 12.0. The monoisotopic (exact) mass is 378 g/mol. The highest BCUT2D eigenvalue weighted by atomic mass is 35.5. The van der Waals surface area contributed by atoms with E-state index in [1.165, 1.54) is 12.1 Å². The van der Waals surface area contributed by atoms with Crippen LogP contribution in [-0.2, 0) is 10.3 Å². The number of hydrogen-bond acceptors (Lipinski definition) is 3. The average Bonchev–Trinajstić information content (AvgIpc) is 2.57. The molecule has 0 amide bonds. The second kappa shape index (κ2) is 6.02. The zero-order valence-electron chi connectivity index (χ0n) is 12.9. The van der Waals surface area contributed by atoms with Crippen LogP contribution >= 0.6 is 23.2 Å². The van der Waals surface area contributed by atoms with Crippen LogP contribution in [0.2, 0.25) is 10.0 Å². The number of H-pyrrole nitrogens is 1. The molecule has 2 aromatic carbocycles. The molecule has 4 nitrogen and oxygen atoms in total. The van der Waals surface area contributed by atoms with E-state index >= 15 is 0 Å². The topological polar surface area (TPSA) is 54.1 Å². The van der Waals surface area contributed by atoms with Gasteiger partial charge in [0.1, 0.15) is 11.4 Å². The zero-order valence-corrected chi connectivity index (χ0v) is 14.4.